The van der Waals surface area contributed by atoms with E-state index in [1.807, 2.05) is 24.3 Å². The van der Waals surface area contributed by atoms with Gasteiger partial charge in [0.1, 0.15) is 12.4 Å². The highest BCUT2D eigenvalue weighted by atomic mass is 16.5. The summed E-state index contributed by atoms with van der Waals surface area (Å²) in [4.78, 5) is 19.3. The quantitative estimate of drug-likeness (QED) is 0.769. The number of H-pyrrole nitrogens is 1. The van der Waals surface area contributed by atoms with Crippen LogP contribution in [0.15, 0.2) is 65.5 Å². The predicted octanol–water partition coefficient (Wildman–Crippen LogP) is 2.73. The molecule has 0 saturated carbocycles. The molecule has 0 spiro atoms. The number of nitrogens with one attached hydrogen (secondary N) is 1. The number of nitrogens with zero attached hydrogens (tertiary/aromatic N) is 2. The van der Waals surface area contributed by atoms with Crippen LogP contribution >= 0.6 is 0 Å². The zero-order valence-corrected chi connectivity index (χ0v) is 14.7. The lowest BCUT2D eigenvalue weighted by molar-refractivity contribution is 0.201. The molecule has 0 aliphatic carbocycles. The highest BCUT2D eigenvalue weighted by molar-refractivity contribution is 5.84. The van der Waals surface area contributed by atoms with E-state index < -0.39 is 0 Å². The molecule has 0 bridgehead atoms. The van der Waals surface area contributed by atoms with Gasteiger partial charge in [-0.05, 0) is 24.3 Å². The van der Waals surface area contributed by atoms with Gasteiger partial charge in [-0.1, -0.05) is 30.3 Å². The lowest BCUT2D eigenvalue weighted by Crippen LogP contribution is -2.47. The molecule has 1 aromatic heterocycles. The van der Waals surface area contributed by atoms with Crippen LogP contribution in [0, 0.1) is 0 Å². The first-order valence-electron chi connectivity index (χ1n) is 9.07. The highest BCUT2D eigenvalue weighted by Crippen LogP contribution is 2.22. The third-order valence-electron chi connectivity index (χ3n) is 4.88. The maximum Gasteiger partial charge on any atom is 0.248 e. The van der Waals surface area contributed by atoms with Gasteiger partial charge >= 0.3 is 0 Å². The largest absolute Gasteiger partial charge is 0.490 e. The Hall–Kier alpha value is -2.79. The van der Waals surface area contributed by atoms with E-state index in [4.69, 9.17) is 4.74 Å². The molecule has 3 aromatic rings. The zero-order chi connectivity index (χ0) is 17.8. The van der Waals surface area contributed by atoms with E-state index in [9.17, 15) is 4.79 Å². The van der Waals surface area contributed by atoms with Gasteiger partial charge in [-0.25, -0.2) is 0 Å². The van der Waals surface area contributed by atoms with E-state index in [0.717, 1.165) is 49.4 Å². The summed E-state index contributed by atoms with van der Waals surface area (Å²) in [6.07, 6.45) is 0. The number of rotatable bonds is 5. The Labute approximate surface area is 152 Å². The van der Waals surface area contributed by atoms with Gasteiger partial charge < -0.3 is 14.6 Å². The van der Waals surface area contributed by atoms with E-state index in [1.165, 1.54) is 5.69 Å². The molecule has 26 heavy (non-hydrogen) atoms. The minimum absolute atomic E-state index is 0.106. The molecule has 2 heterocycles. The monoisotopic (exact) mass is 349 g/mol. The van der Waals surface area contributed by atoms with Crippen molar-refractivity contribution in [1.29, 1.82) is 0 Å². The maximum absolute atomic E-state index is 11.6. The van der Waals surface area contributed by atoms with Crippen molar-refractivity contribution < 1.29 is 4.74 Å². The third-order valence-corrected chi connectivity index (χ3v) is 4.88. The molecule has 0 amide bonds. The Morgan fingerprint density at radius 1 is 0.885 bits per heavy atom. The average molecular weight is 349 g/mol. The van der Waals surface area contributed by atoms with Gasteiger partial charge in [0.15, 0.2) is 0 Å². The lowest BCUT2D eigenvalue weighted by Gasteiger charge is -2.36. The minimum Gasteiger partial charge on any atom is -0.490 e. The molecule has 5 nitrogen and oxygen atoms in total. The molecular weight excluding hydrogens is 326 g/mol. The number of aromatic amines is 1. The number of benzene rings is 2. The van der Waals surface area contributed by atoms with E-state index in [0.29, 0.717) is 6.61 Å². The second-order valence-corrected chi connectivity index (χ2v) is 6.56. The number of hydrogen-bond donors (Lipinski definition) is 1. The fraction of sp³-hybridized carbons (Fsp3) is 0.286. The Balaban J connectivity index is 1.31. The number of para-hydroxylation sites is 2. The molecule has 1 N–H and O–H groups in total. The fourth-order valence-corrected chi connectivity index (χ4v) is 3.42. The number of ether oxygens (including phenoxy) is 1. The van der Waals surface area contributed by atoms with Gasteiger partial charge in [0.25, 0.3) is 0 Å². The van der Waals surface area contributed by atoms with Gasteiger partial charge in [0.05, 0.1) is 5.52 Å². The van der Waals surface area contributed by atoms with E-state index in [1.54, 1.807) is 6.07 Å². The average Bonchev–Trinajstić information content (AvgIpc) is 2.69. The van der Waals surface area contributed by atoms with Gasteiger partial charge in [-0.3, -0.25) is 9.69 Å². The normalized spacial score (nSPS) is 15.3. The second-order valence-electron chi connectivity index (χ2n) is 6.56. The van der Waals surface area contributed by atoms with Gasteiger partial charge in [0, 0.05) is 49.9 Å². The molecule has 0 unspecified atom stereocenters. The fourth-order valence-electron chi connectivity index (χ4n) is 3.42. The molecule has 2 aromatic carbocycles. The maximum atomic E-state index is 11.6. The third kappa shape index (κ3) is 3.73. The number of pyridine rings is 1. The summed E-state index contributed by atoms with van der Waals surface area (Å²) in [6, 6.07) is 19.8. The summed E-state index contributed by atoms with van der Waals surface area (Å²) >= 11 is 0. The molecule has 1 saturated heterocycles. The number of hydrogen-bond acceptors (Lipinski definition) is 4. The Bertz CT molecular complexity index is 915. The molecule has 4 rings (SSSR count). The number of fused-ring (bicyclic) bond motifs is 1. The predicted molar refractivity (Wildman–Crippen MR) is 105 cm³/mol. The van der Waals surface area contributed by atoms with Crippen LogP contribution in [0.25, 0.3) is 10.9 Å². The van der Waals surface area contributed by atoms with Crippen LogP contribution < -0.4 is 15.2 Å². The van der Waals surface area contributed by atoms with Gasteiger partial charge in [0.2, 0.25) is 5.56 Å². The van der Waals surface area contributed by atoms with Crippen molar-refractivity contribution in [3.8, 4) is 5.75 Å². The van der Waals surface area contributed by atoms with Crippen molar-refractivity contribution in [2.45, 2.75) is 0 Å². The van der Waals surface area contributed by atoms with Crippen molar-refractivity contribution in [3.63, 3.8) is 0 Å². The van der Waals surface area contributed by atoms with Crippen LogP contribution in [0.2, 0.25) is 0 Å². The van der Waals surface area contributed by atoms with Crippen LogP contribution in [0.4, 0.5) is 5.69 Å². The van der Waals surface area contributed by atoms with Crippen LogP contribution in [-0.2, 0) is 0 Å². The molecular formula is C21H23N3O2. The van der Waals surface area contributed by atoms with Crippen LogP contribution in [0.1, 0.15) is 0 Å². The molecule has 0 radical (unpaired) electrons. The van der Waals surface area contributed by atoms with Gasteiger partial charge in [-0.15, -0.1) is 0 Å². The topological polar surface area (TPSA) is 48.6 Å². The highest BCUT2D eigenvalue weighted by Gasteiger charge is 2.16. The van der Waals surface area contributed by atoms with Crippen LogP contribution in [-0.4, -0.2) is 49.2 Å². The SMILES string of the molecule is O=c1ccc2cccc(OCCN3CCN(c4ccccc4)CC3)c2[nH]1. The zero-order valence-electron chi connectivity index (χ0n) is 14.7. The minimum atomic E-state index is -0.106. The first-order chi connectivity index (χ1) is 12.8. The summed E-state index contributed by atoms with van der Waals surface area (Å²) < 4.78 is 5.96. The number of anilines is 1. The first kappa shape index (κ1) is 16.7. The van der Waals surface area contributed by atoms with Crippen molar-refractivity contribution in [2.24, 2.45) is 0 Å². The van der Waals surface area contributed by atoms with Crippen LogP contribution in [0.5, 0.6) is 5.75 Å². The second kappa shape index (κ2) is 7.62. The Morgan fingerprint density at radius 2 is 1.69 bits per heavy atom. The lowest BCUT2D eigenvalue weighted by atomic mass is 10.2. The molecule has 0 atom stereocenters. The van der Waals surface area contributed by atoms with Crippen LogP contribution in [0.3, 0.4) is 0 Å². The van der Waals surface area contributed by atoms with Crippen molar-refractivity contribution in [2.75, 3.05) is 44.2 Å². The molecule has 1 aliphatic rings. The first-order valence-corrected chi connectivity index (χ1v) is 9.07. The summed E-state index contributed by atoms with van der Waals surface area (Å²) in [5.74, 6) is 0.739. The standard InChI is InChI=1S/C21H23N3O2/c25-20-10-9-17-5-4-8-19(21(17)22-20)26-16-15-23-11-13-24(14-12-23)18-6-2-1-3-7-18/h1-10H,11-16H2,(H,22,25). The summed E-state index contributed by atoms with van der Waals surface area (Å²) in [6.45, 7) is 5.63. The molecule has 1 aliphatic heterocycles. The molecule has 1 fully saturated rings. The van der Waals surface area contributed by atoms with Gasteiger partial charge in [-0.2, -0.15) is 0 Å². The van der Waals surface area contributed by atoms with E-state index >= 15 is 0 Å². The summed E-state index contributed by atoms with van der Waals surface area (Å²) in [7, 11) is 0. The smallest absolute Gasteiger partial charge is 0.248 e. The van der Waals surface area contributed by atoms with Crippen molar-refractivity contribution in [1.82, 2.24) is 9.88 Å². The number of piperazine rings is 1. The van der Waals surface area contributed by atoms with Crippen molar-refractivity contribution in [3.05, 3.63) is 71.0 Å². The summed E-state index contributed by atoms with van der Waals surface area (Å²) in [5.41, 5.74) is 1.96. The van der Waals surface area contributed by atoms with Crippen molar-refractivity contribution >= 4 is 16.6 Å². The molecule has 134 valence electrons. The van der Waals surface area contributed by atoms with E-state index in [2.05, 4.69) is 45.1 Å². The number of aromatic nitrogens is 1. The Morgan fingerprint density at radius 3 is 2.50 bits per heavy atom. The summed E-state index contributed by atoms with van der Waals surface area (Å²) in [5, 5.41) is 0.985. The molecule has 5 heteroatoms. The van der Waals surface area contributed by atoms with E-state index in [-0.39, 0.29) is 5.56 Å². The Kier molecular flexibility index (Phi) is 4.88.